The van der Waals surface area contributed by atoms with Gasteiger partial charge in [-0.2, -0.15) is 0 Å². The quantitative estimate of drug-likeness (QED) is 0.124. The van der Waals surface area contributed by atoms with Crippen molar-refractivity contribution in [2.75, 3.05) is 19.4 Å². The number of phenolic OH excluding ortho intramolecular Hbond substituents is 1. The van der Waals surface area contributed by atoms with Crippen molar-refractivity contribution in [1.29, 1.82) is 0 Å². The Morgan fingerprint density at radius 1 is 1.12 bits per heavy atom. The van der Waals surface area contributed by atoms with Crippen molar-refractivity contribution >= 4 is 40.7 Å². The van der Waals surface area contributed by atoms with E-state index in [0.29, 0.717) is 0 Å². The molecule has 0 spiro atoms. The summed E-state index contributed by atoms with van der Waals surface area (Å²) in [5.41, 5.74) is 11.3. The number of hydrogen-bond acceptors (Lipinski definition) is 12. The largest absolute Gasteiger partial charge is 0.508 e. The normalized spacial score (nSPS) is 29.5. The fraction of sp³-hybridized carbons (Fsp3) is 0.444. The SMILES string of the molecule is C[C@H]1c2ccc(NC(=O)[C@@H](N)CCC(N)=O)c(O)c2C(O)=C2C(=O)[C@]3(O)C(O)=C(C(N)=O)C(=O)[C@@H](N(C)C)C3C(O)C21. The summed E-state index contributed by atoms with van der Waals surface area (Å²) in [6.07, 6.45) is -1.97. The second-order valence-electron chi connectivity index (χ2n) is 11.1. The molecule has 7 atom stereocenters. The van der Waals surface area contributed by atoms with E-state index in [1.165, 1.54) is 31.1 Å². The highest BCUT2D eigenvalue weighted by Gasteiger charge is 2.68. The number of aliphatic hydroxyl groups excluding tert-OH is 3. The van der Waals surface area contributed by atoms with E-state index in [9.17, 15) is 49.5 Å². The van der Waals surface area contributed by atoms with Gasteiger partial charge in [-0.3, -0.25) is 28.9 Å². The van der Waals surface area contributed by atoms with Crippen LogP contribution in [0.2, 0.25) is 0 Å². The van der Waals surface area contributed by atoms with Gasteiger partial charge in [-0.25, -0.2) is 0 Å². The van der Waals surface area contributed by atoms with Crippen LogP contribution in [0.15, 0.2) is 29.0 Å². The summed E-state index contributed by atoms with van der Waals surface area (Å²) < 4.78 is 0. The van der Waals surface area contributed by atoms with Crippen LogP contribution in [0.1, 0.15) is 36.8 Å². The van der Waals surface area contributed by atoms with Gasteiger partial charge in [-0.05, 0) is 38.1 Å². The molecule has 3 amide bonds. The third-order valence-electron chi connectivity index (χ3n) is 8.43. The van der Waals surface area contributed by atoms with Crippen LogP contribution in [-0.4, -0.2) is 97.6 Å². The van der Waals surface area contributed by atoms with E-state index in [-0.39, 0.29) is 29.7 Å². The average Bonchev–Trinajstić information content (AvgIpc) is 2.90. The number of phenols is 1. The van der Waals surface area contributed by atoms with E-state index < -0.39 is 99.2 Å². The zero-order valence-corrected chi connectivity index (χ0v) is 23.0. The van der Waals surface area contributed by atoms with Gasteiger partial charge in [0.2, 0.25) is 17.6 Å². The number of nitrogens with one attached hydrogen (secondary N) is 1. The van der Waals surface area contributed by atoms with Gasteiger partial charge in [0.25, 0.3) is 5.91 Å². The molecule has 1 fully saturated rings. The molecule has 1 saturated carbocycles. The molecule has 15 heteroatoms. The Balaban J connectivity index is 1.87. The molecule has 1 aromatic rings. The predicted octanol–water partition coefficient (Wildman–Crippen LogP) is -1.97. The van der Waals surface area contributed by atoms with Crippen LogP contribution in [0.4, 0.5) is 5.69 Å². The van der Waals surface area contributed by atoms with E-state index in [4.69, 9.17) is 17.2 Å². The number of fused-ring (bicyclic) bond motifs is 3. The van der Waals surface area contributed by atoms with Gasteiger partial charge in [-0.1, -0.05) is 13.0 Å². The monoisotopic (exact) mass is 587 g/mol. The topological polar surface area (TPSA) is 280 Å². The van der Waals surface area contributed by atoms with Crippen molar-refractivity contribution < 1.29 is 49.5 Å². The van der Waals surface area contributed by atoms with Crippen LogP contribution in [0, 0.1) is 11.8 Å². The molecule has 1 aromatic carbocycles. The Bertz CT molecular complexity index is 1480. The summed E-state index contributed by atoms with van der Waals surface area (Å²) in [7, 11) is 2.83. The Morgan fingerprint density at radius 2 is 1.74 bits per heavy atom. The molecule has 42 heavy (non-hydrogen) atoms. The first-order chi connectivity index (χ1) is 19.5. The molecule has 0 aromatic heterocycles. The molecule has 0 saturated heterocycles. The second-order valence-corrected chi connectivity index (χ2v) is 11.1. The van der Waals surface area contributed by atoms with E-state index in [2.05, 4.69) is 5.32 Å². The number of nitrogens with zero attached hydrogens (tertiary/aromatic N) is 1. The lowest BCUT2D eigenvalue weighted by atomic mass is 9.54. The summed E-state index contributed by atoms with van der Waals surface area (Å²) in [5, 5.41) is 59.1. The Labute approximate surface area is 239 Å². The van der Waals surface area contributed by atoms with Crippen molar-refractivity contribution in [3.8, 4) is 5.75 Å². The minimum Gasteiger partial charge on any atom is -0.508 e. The summed E-state index contributed by atoms with van der Waals surface area (Å²) >= 11 is 0. The number of hydrogen-bond donors (Lipinski definition) is 9. The third-order valence-corrected chi connectivity index (χ3v) is 8.43. The van der Waals surface area contributed by atoms with E-state index in [1.807, 2.05) is 0 Å². The van der Waals surface area contributed by atoms with Crippen molar-refractivity contribution in [1.82, 2.24) is 4.90 Å². The number of carbonyl (C=O) groups is 5. The first-order valence-corrected chi connectivity index (χ1v) is 13.0. The molecule has 15 nitrogen and oxygen atoms in total. The van der Waals surface area contributed by atoms with Gasteiger partial charge in [0, 0.05) is 17.9 Å². The molecule has 0 radical (unpaired) electrons. The van der Waals surface area contributed by atoms with Crippen LogP contribution in [-0.2, 0) is 24.0 Å². The molecular weight excluding hydrogens is 554 g/mol. The highest BCUT2D eigenvalue weighted by atomic mass is 16.4. The number of primary amides is 2. The van der Waals surface area contributed by atoms with Crippen molar-refractivity contribution in [2.24, 2.45) is 29.0 Å². The molecule has 3 unspecified atom stereocenters. The number of carbonyl (C=O) groups excluding carboxylic acids is 5. The van der Waals surface area contributed by atoms with Crippen LogP contribution in [0.5, 0.6) is 5.75 Å². The fourth-order valence-electron chi connectivity index (χ4n) is 6.37. The van der Waals surface area contributed by atoms with Gasteiger partial charge in [0.05, 0.1) is 35.4 Å². The summed E-state index contributed by atoms with van der Waals surface area (Å²) in [5.74, 6) is -11.8. The number of benzene rings is 1. The number of nitrogens with two attached hydrogens (primary N) is 3. The second kappa shape index (κ2) is 10.5. The molecule has 3 aliphatic rings. The molecule has 226 valence electrons. The summed E-state index contributed by atoms with van der Waals surface area (Å²) in [4.78, 5) is 64.2. The highest BCUT2D eigenvalue weighted by Crippen LogP contribution is 2.56. The van der Waals surface area contributed by atoms with E-state index >= 15 is 0 Å². The smallest absolute Gasteiger partial charge is 0.255 e. The van der Waals surface area contributed by atoms with E-state index in [0.717, 1.165) is 0 Å². The lowest BCUT2D eigenvalue weighted by Gasteiger charge is -2.53. The van der Waals surface area contributed by atoms with E-state index in [1.54, 1.807) is 6.92 Å². The molecule has 0 aliphatic heterocycles. The Kier molecular flexibility index (Phi) is 7.67. The maximum atomic E-state index is 14.0. The van der Waals surface area contributed by atoms with Crippen molar-refractivity contribution in [3.63, 3.8) is 0 Å². The van der Waals surface area contributed by atoms with Crippen LogP contribution >= 0.6 is 0 Å². The number of amides is 3. The molecule has 4 rings (SSSR count). The molecule has 0 bridgehead atoms. The maximum absolute atomic E-state index is 14.0. The summed E-state index contributed by atoms with van der Waals surface area (Å²) in [6.45, 7) is 1.58. The van der Waals surface area contributed by atoms with Crippen LogP contribution in [0.3, 0.4) is 0 Å². The Hall–Kier alpha value is -4.31. The lowest BCUT2D eigenvalue weighted by molar-refractivity contribution is -0.169. The zero-order valence-electron chi connectivity index (χ0n) is 23.0. The van der Waals surface area contributed by atoms with Gasteiger partial charge >= 0.3 is 0 Å². The number of likely N-dealkylation sites (N-methyl/N-ethyl adjacent to an activating group) is 1. The fourth-order valence-corrected chi connectivity index (χ4v) is 6.37. The number of anilines is 1. The highest BCUT2D eigenvalue weighted by molar-refractivity contribution is 6.24. The summed E-state index contributed by atoms with van der Waals surface area (Å²) in [6, 6.07) is 0.120. The molecular formula is C27H33N5O10. The average molecular weight is 588 g/mol. The van der Waals surface area contributed by atoms with Gasteiger partial charge in [0.1, 0.15) is 22.8 Å². The first kappa shape index (κ1) is 30.6. The van der Waals surface area contributed by atoms with Crippen molar-refractivity contribution in [3.05, 3.63) is 40.2 Å². The van der Waals surface area contributed by atoms with Crippen LogP contribution in [0.25, 0.3) is 5.76 Å². The number of ketones is 2. The number of rotatable bonds is 7. The number of aliphatic hydroxyl groups is 4. The number of Topliss-reactive ketones (excluding diaryl/α,β-unsaturated/α-hetero) is 2. The van der Waals surface area contributed by atoms with Crippen molar-refractivity contribution in [2.45, 2.75) is 49.5 Å². The Morgan fingerprint density at radius 3 is 2.29 bits per heavy atom. The molecule has 12 N–H and O–H groups in total. The lowest BCUT2D eigenvalue weighted by Crippen LogP contribution is -2.70. The third kappa shape index (κ3) is 4.32. The maximum Gasteiger partial charge on any atom is 0.255 e. The number of aromatic hydroxyl groups is 1. The standard InChI is InChI=1S/C27H33N5O10/c1-8-9-4-6-11(31-26(41)10(28)5-7-12(29)33)19(34)14(9)20(35)15-13(8)21(36)17-18(32(2)3)22(37)16(25(30)40)24(39)27(17,42)23(15)38/h4,6,8,10,13,17-18,21,34-36,39,42H,5,7,28H2,1-3H3,(H2,29,33)(H2,30,40)(H,31,41)/t8-,10-,13?,17?,18-,21?,27-/m0/s1. The van der Waals surface area contributed by atoms with Gasteiger partial charge < -0.3 is 48.1 Å². The molecule has 3 aliphatic carbocycles. The minimum absolute atomic E-state index is 0.0756. The first-order valence-electron chi connectivity index (χ1n) is 13.0. The zero-order chi connectivity index (χ0) is 31.6. The van der Waals surface area contributed by atoms with Crippen LogP contribution < -0.4 is 22.5 Å². The van der Waals surface area contributed by atoms with Gasteiger partial charge in [-0.15, -0.1) is 0 Å². The molecule has 0 heterocycles. The minimum atomic E-state index is -3.04. The predicted molar refractivity (Wildman–Crippen MR) is 145 cm³/mol. The van der Waals surface area contributed by atoms with Gasteiger partial charge in [0.15, 0.2) is 11.4 Å².